The summed E-state index contributed by atoms with van der Waals surface area (Å²) in [6.07, 6.45) is -0.758. The highest BCUT2D eigenvalue weighted by atomic mass is 16.4. The molecule has 0 fully saturated rings. The fourth-order valence-electron chi connectivity index (χ4n) is 4.04. The quantitative estimate of drug-likeness (QED) is 0.0970. The van der Waals surface area contributed by atoms with E-state index in [2.05, 4.69) is 20.9 Å². The molecule has 0 aliphatic heterocycles. The molecule has 1 heterocycles. The SMILES string of the molecule is NC(=O)CCC(NC(=O)C(N)CCC(=O)O)C(=O)NC(Cc1c[nH]c2ccccc12)C(=O)NC(CCC(=O)O)C(=O)O. The Morgan fingerprint density at radius 2 is 1.29 bits per heavy atom. The number of benzene rings is 1. The number of para-hydroxylation sites is 1. The summed E-state index contributed by atoms with van der Waals surface area (Å²) in [7, 11) is 0. The fourth-order valence-corrected chi connectivity index (χ4v) is 4.04. The number of hydrogen-bond donors (Lipinski definition) is 9. The van der Waals surface area contributed by atoms with Crippen LogP contribution in [-0.4, -0.2) is 86.0 Å². The van der Waals surface area contributed by atoms with Crippen molar-refractivity contribution in [2.24, 2.45) is 11.5 Å². The molecule has 1 aromatic heterocycles. The highest BCUT2D eigenvalue weighted by molar-refractivity contribution is 5.95. The Hall–Kier alpha value is -4.99. The second-order valence-corrected chi connectivity index (χ2v) is 9.56. The molecule has 0 saturated carbocycles. The maximum absolute atomic E-state index is 13.3. The number of nitrogens with one attached hydrogen (secondary N) is 4. The molecule has 0 saturated heterocycles. The van der Waals surface area contributed by atoms with E-state index in [4.69, 9.17) is 21.7 Å². The summed E-state index contributed by atoms with van der Waals surface area (Å²) in [6.45, 7) is 0. The van der Waals surface area contributed by atoms with E-state index in [-0.39, 0.29) is 25.7 Å². The van der Waals surface area contributed by atoms with Crippen LogP contribution in [0.15, 0.2) is 30.5 Å². The van der Waals surface area contributed by atoms with Crippen LogP contribution in [0.1, 0.15) is 44.1 Å². The van der Waals surface area contributed by atoms with Crippen molar-refractivity contribution in [3.63, 3.8) is 0 Å². The van der Waals surface area contributed by atoms with Crippen molar-refractivity contribution in [1.29, 1.82) is 0 Å². The van der Waals surface area contributed by atoms with Gasteiger partial charge in [0.1, 0.15) is 18.1 Å². The lowest BCUT2D eigenvalue weighted by Crippen LogP contribution is -2.57. The maximum Gasteiger partial charge on any atom is 0.326 e. The highest BCUT2D eigenvalue weighted by Crippen LogP contribution is 2.19. The highest BCUT2D eigenvalue weighted by Gasteiger charge is 2.31. The lowest BCUT2D eigenvalue weighted by atomic mass is 10.0. The van der Waals surface area contributed by atoms with Crippen molar-refractivity contribution in [3.05, 3.63) is 36.0 Å². The van der Waals surface area contributed by atoms with E-state index in [1.165, 1.54) is 0 Å². The molecule has 0 spiro atoms. The molecule has 11 N–H and O–H groups in total. The van der Waals surface area contributed by atoms with Crippen molar-refractivity contribution in [2.75, 3.05) is 0 Å². The van der Waals surface area contributed by atoms with Gasteiger partial charge >= 0.3 is 17.9 Å². The number of carbonyl (C=O) groups excluding carboxylic acids is 4. The number of aliphatic carboxylic acids is 3. The third kappa shape index (κ3) is 10.5. The summed E-state index contributed by atoms with van der Waals surface area (Å²) in [6, 6.07) is 1.39. The van der Waals surface area contributed by atoms with Gasteiger partial charge in [0.25, 0.3) is 0 Å². The first-order valence-electron chi connectivity index (χ1n) is 12.9. The zero-order valence-electron chi connectivity index (χ0n) is 22.5. The molecule has 4 unspecified atom stereocenters. The zero-order valence-corrected chi connectivity index (χ0v) is 22.5. The summed E-state index contributed by atoms with van der Waals surface area (Å²) in [4.78, 5) is 87.1. The first-order chi connectivity index (χ1) is 19.8. The Bertz CT molecular complexity index is 1330. The third-order valence-corrected chi connectivity index (χ3v) is 6.31. The summed E-state index contributed by atoms with van der Waals surface area (Å²) < 4.78 is 0. The molecule has 2 aromatic rings. The summed E-state index contributed by atoms with van der Waals surface area (Å²) in [5.74, 6) is -7.46. The molecule has 0 aliphatic rings. The molecular weight excluding hydrogens is 556 g/mol. The van der Waals surface area contributed by atoms with Gasteiger partial charge in [0.2, 0.25) is 23.6 Å². The smallest absolute Gasteiger partial charge is 0.326 e. The number of primary amides is 1. The minimum absolute atomic E-state index is 0.137. The number of carboxylic acids is 3. The van der Waals surface area contributed by atoms with Crippen LogP contribution in [0.5, 0.6) is 0 Å². The van der Waals surface area contributed by atoms with E-state index in [0.717, 1.165) is 5.52 Å². The van der Waals surface area contributed by atoms with Gasteiger partial charge in [0, 0.05) is 42.8 Å². The third-order valence-electron chi connectivity index (χ3n) is 6.31. The minimum atomic E-state index is -1.58. The normalized spacial score (nSPS) is 13.7. The second-order valence-electron chi connectivity index (χ2n) is 9.56. The number of nitrogens with two attached hydrogens (primary N) is 2. The number of carbonyl (C=O) groups is 7. The number of hydrogen-bond acceptors (Lipinski definition) is 8. The lowest BCUT2D eigenvalue weighted by Gasteiger charge is -2.25. The van der Waals surface area contributed by atoms with Gasteiger partial charge in [-0.2, -0.15) is 0 Å². The van der Waals surface area contributed by atoms with E-state index >= 15 is 0 Å². The predicted octanol–water partition coefficient (Wildman–Crippen LogP) is -1.43. The molecule has 4 amide bonds. The average Bonchev–Trinajstić information content (AvgIpc) is 3.33. The number of rotatable bonds is 18. The van der Waals surface area contributed by atoms with E-state index < -0.39 is 85.0 Å². The van der Waals surface area contributed by atoms with Crippen molar-refractivity contribution in [3.8, 4) is 0 Å². The van der Waals surface area contributed by atoms with E-state index in [9.17, 15) is 38.7 Å². The van der Waals surface area contributed by atoms with Crippen LogP contribution >= 0.6 is 0 Å². The Labute approximate surface area is 239 Å². The molecule has 16 nitrogen and oxygen atoms in total. The Morgan fingerprint density at radius 3 is 1.90 bits per heavy atom. The number of aromatic nitrogens is 1. The molecular formula is C26H34N6O10. The molecule has 42 heavy (non-hydrogen) atoms. The van der Waals surface area contributed by atoms with Gasteiger partial charge in [0.05, 0.1) is 6.04 Å². The van der Waals surface area contributed by atoms with Crippen LogP contribution in [0.2, 0.25) is 0 Å². The number of carboxylic acid groups (broad SMARTS) is 3. The van der Waals surface area contributed by atoms with E-state index in [1.807, 2.05) is 0 Å². The average molecular weight is 591 g/mol. The minimum Gasteiger partial charge on any atom is -0.481 e. The summed E-state index contributed by atoms with van der Waals surface area (Å²) >= 11 is 0. The molecule has 0 radical (unpaired) electrons. The van der Waals surface area contributed by atoms with Gasteiger partial charge in [-0.05, 0) is 30.9 Å². The van der Waals surface area contributed by atoms with Crippen LogP contribution in [0.3, 0.4) is 0 Å². The molecule has 16 heteroatoms. The molecule has 0 bridgehead atoms. The number of fused-ring (bicyclic) bond motifs is 1. The molecule has 2 rings (SSSR count). The number of H-pyrrole nitrogens is 1. The standard InChI is InChI=1S/C26H34N6O10/c27-15(5-9-21(34)35)23(38)30-17(6-8-20(28)33)24(39)32-19(11-13-12-29-16-4-2-1-3-14(13)16)25(40)31-18(26(41)42)7-10-22(36)37/h1-4,12,15,17-19,29H,5-11,27H2,(H2,28,33)(H,30,38)(H,31,40)(H,32,39)(H,34,35)(H,36,37)(H,41,42). The van der Waals surface area contributed by atoms with Gasteiger partial charge < -0.3 is 47.7 Å². The molecule has 228 valence electrons. The van der Waals surface area contributed by atoms with E-state index in [0.29, 0.717) is 10.9 Å². The fraction of sp³-hybridized carbons (Fsp3) is 0.423. The topological polar surface area (TPSA) is 284 Å². The summed E-state index contributed by atoms with van der Waals surface area (Å²) in [5, 5.41) is 35.0. The zero-order chi connectivity index (χ0) is 31.4. The Balaban J connectivity index is 2.32. The first-order valence-corrected chi connectivity index (χ1v) is 12.9. The van der Waals surface area contributed by atoms with Crippen molar-refractivity contribution >= 4 is 52.4 Å². The number of amides is 4. The second kappa shape index (κ2) is 15.7. The molecule has 4 atom stereocenters. The Kier molecular flexibility index (Phi) is 12.4. The van der Waals surface area contributed by atoms with Crippen molar-refractivity contribution in [1.82, 2.24) is 20.9 Å². The Morgan fingerprint density at radius 1 is 0.738 bits per heavy atom. The molecule has 1 aromatic carbocycles. The van der Waals surface area contributed by atoms with Gasteiger partial charge in [-0.25, -0.2) is 4.79 Å². The van der Waals surface area contributed by atoms with Crippen LogP contribution in [0, 0.1) is 0 Å². The van der Waals surface area contributed by atoms with Gasteiger partial charge in [-0.3, -0.25) is 28.8 Å². The number of aromatic amines is 1. The summed E-state index contributed by atoms with van der Waals surface area (Å²) in [5.41, 5.74) is 12.2. The molecule has 0 aliphatic carbocycles. The van der Waals surface area contributed by atoms with Crippen LogP contribution in [0.25, 0.3) is 10.9 Å². The monoisotopic (exact) mass is 590 g/mol. The largest absolute Gasteiger partial charge is 0.481 e. The van der Waals surface area contributed by atoms with E-state index in [1.54, 1.807) is 30.5 Å². The van der Waals surface area contributed by atoms with Crippen LogP contribution < -0.4 is 27.4 Å². The van der Waals surface area contributed by atoms with Gasteiger partial charge in [-0.1, -0.05) is 18.2 Å². The van der Waals surface area contributed by atoms with Crippen molar-refractivity contribution < 1.29 is 48.9 Å². The first kappa shape index (κ1) is 33.2. The van der Waals surface area contributed by atoms with Gasteiger partial charge in [0.15, 0.2) is 0 Å². The van der Waals surface area contributed by atoms with Crippen LogP contribution in [0.4, 0.5) is 0 Å². The maximum atomic E-state index is 13.3. The lowest BCUT2D eigenvalue weighted by molar-refractivity contribution is -0.143. The van der Waals surface area contributed by atoms with Gasteiger partial charge in [-0.15, -0.1) is 0 Å². The van der Waals surface area contributed by atoms with Crippen LogP contribution in [-0.2, 0) is 40.0 Å². The van der Waals surface area contributed by atoms with Crippen molar-refractivity contribution in [2.45, 2.75) is 69.1 Å². The predicted molar refractivity (Wildman–Crippen MR) is 146 cm³/mol.